The molecule has 0 unspecified atom stereocenters. The number of rotatable bonds is 6. The molecule has 106 valence electrons. The lowest BCUT2D eigenvalue weighted by Gasteiger charge is -2.26. The van der Waals surface area contributed by atoms with Crippen LogP contribution in [0.25, 0.3) is 0 Å². The van der Waals surface area contributed by atoms with Gasteiger partial charge in [-0.15, -0.1) is 0 Å². The summed E-state index contributed by atoms with van der Waals surface area (Å²) in [4.78, 5) is 2.43. The first-order chi connectivity index (χ1) is 9.33. The number of nitrogens with zero attached hydrogens (tertiary/aromatic N) is 1. The monoisotopic (exact) mass is 264 g/mol. The number of ether oxygens (including phenoxy) is 2. The molecule has 1 aliphatic heterocycles. The number of methoxy groups -OCH3 is 1. The van der Waals surface area contributed by atoms with E-state index in [1.165, 1.54) is 5.56 Å². The summed E-state index contributed by atoms with van der Waals surface area (Å²) in [6, 6.07) is 6.05. The average Bonchev–Trinajstić information content (AvgIpc) is 2.48. The first-order valence-corrected chi connectivity index (χ1v) is 7.06. The Kier molecular flexibility index (Phi) is 5.48. The summed E-state index contributed by atoms with van der Waals surface area (Å²) in [5.41, 5.74) is 1.20. The Morgan fingerprint density at radius 1 is 1.26 bits per heavy atom. The lowest BCUT2D eigenvalue weighted by Crippen LogP contribution is -2.44. The van der Waals surface area contributed by atoms with Crippen molar-refractivity contribution < 1.29 is 9.47 Å². The summed E-state index contributed by atoms with van der Waals surface area (Å²) in [6.07, 6.45) is 0.957. The highest BCUT2D eigenvalue weighted by Crippen LogP contribution is 2.24. The standard InChI is InChI=1S/C15H24N2O2/c1-3-13-12-14(4-5-15(13)18-2)19-11-10-17-8-6-16-7-9-17/h4-5,12,16H,3,6-11H2,1-2H3. The molecule has 0 spiro atoms. The Morgan fingerprint density at radius 3 is 2.74 bits per heavy atom. The Bertz CT molecular complexity index is 390. The summed E-state index contributed by atoms with van der Waals surface area (Å²) in [5.74, 6) is 1.88. The van der Waals surface area contributed by atoms with Gasteiger partial charge in [-0.2, -0.15) is 0 Å². The first-order valence-electron chi connectivity index (χ1n) is 7.06. The maximum absolute atomic E-state index is 5.83. The normalized spacial score (nSPS) is 16.3. The molecule has 1 aromatic rings. The average molecular weight is 264 g/mol. The van der Waals surface area contributed by atoms with Crippen molar-refractivity contribution in [2.75, 3.05) is 46.4 Å². The predicted octanol–water partition coefficient (Wildman–Crippen LogP) is 1.54. The van der Waals surface area contributed by atoms with E-state index in [0.717, 1.165) is 57.3 Å². The quantitative estimate of drug-likeness (QED) is 0.845. The van der Waals surface area contributed by atoms with Crippen molar-refractivity contribution in [2.45, 2.75) is 13.3 Å². The number of benzene rings is 1. The zero-order chi connectivity index (χ0) is 13.5. The molecule has 1 aliphatic rings. The van der Waals surface area contributed by atoms with Crippen LogP contribution in [0.2, 0.25) is 0 Å². The molecule has 0 aromatic heterocycles. The maximum atomic E-state index is 5.83. The smallest absolute Gasteiger partial charge is 0.122 e. The van der Waals surface area contributed by atoms with Gasteiger partial charge in [-0.25, -0.2) is 0 Å². The molecule has 0 atom stereocenters. The van der Waals surface area contributed by atoms with Crippen molar-refractivity contribution in [3.05, 3.63) is 23.8 Å². The minimum atomic E-state index is 0.746. The third kappa shape index (κ3) is 4.11. The van der Waals surface area contributed by atoms with Crippen molar-refractivity contribution in [1.82, 2.24) is 10.2 Å². The highest BCUT2D eigenvalue weighted by Gasteiger charge is 2.09. The molecule has 2 rings (SSSR count). The van der Waals surface area contributed by atoms with Crippen LogP contribution in [0.4, 0.5) is 0 Å². The van der Waals surface area contributed by atoms with E-state index in [4.69, 9.17) is 9.47 Å². The molecule has 0 saturated carbocycles. The van der Waals surface area contributed by atoms with E-state index in [1.807, 2.05) is 12.1 Å². The van der Waals surface area contributed by atoms with E-state index in [0.29, 0.717) is 0 Å². The lowest BCUT2D eigenvalue weighted by molar-refractivity contribution is 0.191. The van der Waals surface area contributed by atoms with E-state index in [2.05, 4.69) is 23.2 Å². The summed E-state index contributed by atoms with van der Waals surface area (Å²) in [6.45, 7) is 8.27. The van der Waals surface area contributed by atoms with E-state index in [9.17, 15) is 0 Å². The number of nitrogens with one attached hydrogen (secondary N) is 1. The molecular weight excluding hydrogens is 240 g/mol. The number of hydrogen-bond donors (Lipinski definition) is 1. The zero-order valence-electron chi connectivity index (χ0n) is 11.9. The summed E-state index contributed by atoms with van der Waals surface area (Å²) < 4.78 is 11.2. The van der Waals surface area contributed by atoms with Crippen LogP contribution in [0.5, 0.6) is 11.5 Å². The molecule has 1 N–H and O–H groups in total. The first kappa shape index (κ1) is 14.2. The molecule has 1 aromatic carbocycles. The third-order valence-electron chi connectivity index (χ3n) is 3.52. The molecule has 4 nitrogen and oxygen atoms in total. The second-order valence-corrected chi connectivity index (χ2v) is 4.77. The molecule has 0 radical (unpaired) electrons. The second-order valence-electron chi connectivity index (χ2n) is 4.77. The minimum absolute atomic E-state index is 0.746. The van der Waals surface area contributed by atoms with Crippen LogP contribution in [0, 0.1) is 0 Å². The van der Waals surface area contributed by atoms with E-state index in [-0.39, 0.29) is 0 Å². The summed E-state index contributed by atoms with van der Waals surface area (Å²) >= 11 is 0. The van der Waals surface area contributed by atoms with Gasteiger partial charge >= 0.3 is 0 Å². The third-order valence-corrected chi connectivity index (χ3v) is 3.52. The van der Waals surface area contributed by atoms with Crippen molar-refractivity contribution >= 4 is 0 Å². The van der Waals surface area contributed by atoms with Crippen molar-refractivity contribution in [3.63, 3.8) is 0 Å². The molecule has 1 heterocycles. The fourth-order valence-corrected chi connectivity index (χ4v) is 2.35. The van der Waals surface area contributed by atoms with Gasteiger partial charge in [0.05, 0.1) is 7.11 Å². The van der Waals surface area contributed by atoms with Crippen LogP contribution in [0.3, 0.4) is 0 Å². The second kappa shape index (κ2) is 7.36. The topological polar surface area (TPSA) is 33.7 Å². The Hall–Kier alpha value is -1.26. The molecule has 0 aliphatic carbocycles. The summed E-state index contributed by atoms with van der Waals surface area (Å²) in [7, 11) is 1.71. The van der Waals surface area contributed by atoms with Gasteiger partial charge < -0.3 is 14.8 Å². The van der Waals surface area contributed by atoms with Crippen LogP contribution in [0.1, 0.15) is 12.5 Å². The van der Waals surface area contributed by atoms with E-state index < -0.39 is 0 Å². The van der Waals surface area contributed by atoms with Gasteiger partial charge in [0.15, 0.2) is 0 Å². The molecule has 4 heteroatoms. The van der Waals surface area contributed by atoms with Gasteiger partial charge in [0.2, 0.25) is 0 Å². The van der Waals surface area contributed by atoms with Gasteiger partial charge in [-0.3, -0.25) is 4.90 Å². The molecular formula is C15H24N2O2. The fourth-order valence-electron chi connectivity index (χ4n) is 2.35. The number of aryl methyl sites for hydroxylation is 1. The molecule has 0 amide bonds. The highest BCUT2D eigenvalue weighted by atomic mass is 16.5. The van der Waals surface area contributed by atoms with Gasteiger partial charge in [-0.05, 0) is 30.2 Å². The van der Waals surface area contributed by atoms with Crippen LogP contribution in [-0.4, -0.2) is 51.3 Å². The lowest BCUT2D eigenvalue weighted by atomic mass is 10.1. The Morgan fingerprint density at radius 2 is 2.05 bits per heavy atom. The van der Waals surface area contributed by atoms with Crippen molar-refractivity contribution in [1.29, 1.82) is 0 Å². The Balaban J connectivity index is 1.81. The van der Waals surface area contributed by atoms with Crippen LogP contribution in [0.15, 0.2) is 18.2 Å². The number of hydrogen-bond acceptors (Lipinski definition) is 4. The van der Waals surface area contributed by atoms with Gasteiger partial charge in [0.1, 0.15) is 18.1 Å². The highest BCUT2D eigenvalue weighted by molar-refractivity contribution is 5.40. The predicted molar refractivity (Wildman–Crippen MR) is 77.2 cm³/mol. The Labute approximate surface area is 115 Å². The van der Waals surface area contributed by atoms with Crippen LogP contribution < -0.4 is 14.8 Å². The van der Waals surface area contributed by atoms with Gasteiger partial charge in [-0.1, -0.05) is 6.92 Å². The van der Waals surface area contributed by atoms with E-state index >= 15 is 0 Å². The molecule has 1 fully saturated rings. The van der Waals surface area contributed by atoms with Gasteiger partial charge in [0, 0.05) is 32.7 Å². The summed E-state index contributed by atoms with van der Waals surface area (Å²) in [5, 5.41) is 3.35. The van der Waals surface area contributed by atoms with E-state index in [1.54, 1.807) is 7.11 Å². The molecule has 0 bridgehead atoms. The minimum Gasteiger partial charge on any atom is -0.496 e. The van der Waals surface area contributed by atoms with Crippen LogP contribution >= 0.6 is 0 Å². The SMILES string of the molecule is CCc1cc(OCCN2CCNCC2)ccc1OC. The van der Waals surface area contributed by atoms with Crippen LogP contribution in [-0.2, 0) is 6.42 Å². The zero-order valence-corrected chi connectivity index (χ0v) is 11.9. The maximum Gasteiger partial charge on any atom is 0.122 e. The van der Waals surface area contributed by atoms with Crippen molar-refractivity contribution in [2.24, 2.45) is 0 Å². The largest absolute Gasteiger partial charge is 0.496 e. The number of piperazine rings is 1. The fraction of sp³-hybridized carbons (Fsp3) is 0.600. The van der Waals surface area contributed by atoms with Crippen molar-refractivity contribution in [3.8, 4) is 11.5 Å². The molecule has 19 heavy (non-hydrogen) atoms. The van der Waals surface area contributed by atoms with Gasteiger partial charge in [0.25, 0.3) is 0 Å². The molecule has 1 saturated heterocycles.